The number of nitrogens with one attached hydrogen (secondary N) is 4. The smallest absolute Gasteiger partial charge is 0.240 e. The van der Waals surface area contributed by atoms with Gasteiger partial charge in [-0.3, -0.25) is 4.79 Å². The van der Waals surface area contributed by atoms with Crippen molar-refractivity contribution in [1.29, 1.82) is 0 Å². The molecule has 4 rings (SSSR count). The monoisotopic (exact) mass is 409 g/mol. The number of thioether (sulfide) groups is 1. The Morgan fingerprint density at radius 2 is 2.03 bits per heavy atom. The Bertz CT molecular complexity index is 1150. The first-order valence-electron chi connectivity index (χ1n) is 8.63. The van der Waals surface area contributed by atoms with Gasteiger partial charge in [0.05, 0.1) is 12.0 Å². The summed E-state index contributed by atoms with van der Waals surface area (Å²) in [6.07, 6.45) is 3.56. The zero-order valence-corrected chi connectivity index (χ0v) is 15.8. The number of carbonyl (C=O) groups is 1. The average molecular weight is 409 g/mol. The van der Waals surface area contributed by atoms with Crippen LogP contribution in [0.2, 0.25) is 0 Å². The average Bonchev–Trinajstić information content (AvgIpc) is 3.36. The van der Waals surface area contributed by atoms with Crippen LogP contribution < -0.4 is 10.7 Å². The quantitative estimate of drug-likeness (QED) is 0.212. The third-order valence-corrected chi connectivity index (χ3v) is 4.77. The minimum absolute atomic E-state index is 0.118. The van der Waals surface area contributed by atoms with Crippen molar-refractivity contribution >= 4 is 46.4 Å². The molecule has 0 aliphatic heterocycles. The van der Waals surface area contributed by atoms with Crippen LogP contribution in [0, 0.1) is 5.82 Å². The Balaban J connectivity index is 1.28. The lowest BCUT2D eigenvalue weighted by Crippen LogP contribution is -2.14. The number of fused-ring (bicyclic) bond motifs is 1. The van der Waals surface area contributed by atoms with Gasteiger partial charge < -0.3 is 10.3 Å². The predicted molar refractivity (Wildman–Crippen MR) is 112 cm³/mol. The lowest BCUT2D eigenvalue weighted by Gasteiger charge is -2.03. The molecule has 4 aromatic rings. The van der Waals surface area contributed by atoms with Crippen LogP contribution >= 0.6 is 11.8 Å². The van der Waals surface area contributed by atoms with Gasteiger partial charge in [0, 0.05) is 28.4 Å². The molecule has 0 saturated heterocycles. The van der Waals surface area contributed by atoms with Gasteiger partial charge in [0.2, 0.25) is 17.0 Å². The summed E-state index contributed by atoms with van der Waals surface area (Å²) in [5.41, 5.74) is 5.28. The number of carbonyl (C=O) groups excluding carboxylic acids is 1. The number of nitrogens with zero attached hydrogens (tertiary/aromatic N) is 3. The third-order valence-electron chi connectivity index (χ3n) is 3.92. The number of anilines is 2. The Morgan fingerprint density at radius 1 is 1.21 bits per heavy atom. The fraction of sp³-hybridized carbons (Fsp3) is 0.0526. The topological polar surface area (TPSA) is 111 Å². The van der Waals surface area contributed by atoms with Gasteiger partial charge in [-0.2, -0.15) is 10.1 Å². The zero-order chi connectivity index (χ0) is 20.1. The molecule has 146 valence electrons. The van der Waals surface area contributed by atoms with Gasteiger partial charge >= 0.3 is 0 Å². The summed E-state index contributed by atoms with van der Waals surface area (Å²) in [4.78, 5) is 19.3. The van der Waals surface area contributed by atoms with E-state index in [2.05, 4.69) is 36.0 Å². The number of benzene rings is 2. The maximum absolute atomic E-state index is 12.9. The molecule has 0 fully saturated rings. The highest BCUT2D eigenvalue weighted by molar-refractivity contribution is 7.99. The summed E-state index contributed by atoms with van der Waals surface area (Å²) in [5.74, 6) is -0.112. The molecule has 8 nitrogen and oxygen atoms in total. The number of halogens is 1. The molecule has 2 aromatic carbocycles. The van der Waals surface area contributed by atoms with Crippen LogP contribution in [0.4, 0.5) is 16.0 Å². The van der Waals surface area contributed by atoms with E-state index >= 15 is 0 Å². The number of hydrazone groups is 1. The van der Waals surface area contributed by atoms with Gasteiger partial charge in [-0.15, -0.1) is 5.10 Å². The Morgan fingerprint density at radius 3 is 2.90 bits per heavy atom. The molecule has 2 aromatic heterocycles. The molecule has 2 heterocycles. The minimum atomic E-state index is -0.356. The first-order chi connectivity index (χ1) is 14.2. The van der Waals surface area contributed by atoms with Gasteiger partial charge in [0.1, 0.15) is 5.82 Å². The molecule has 0 radical (unpaired) electrons. The first-order valence-corrected chi connectivity index (χ1v) is 9.62. The van der Waals surface area contributed by atoms with E-state index in [4.69, 9.17) is 0 Å². The number of para-hydroxylation sites is 1. The van der Waals surface area contributed by atoms with Crippen LogP contribution in [0.15, 0.2) is 65.0 Å². The Hall–Kier alpha value is -3.66. The second kappa shape index (κ2) is 8.57. The van der Waals surface area contributed by atoms with Gasteiger partial charge in [-0.1, -0.05) is 30.0 Å². The highest BCUT2D eigenvalue weighted by atomic mass is 32.2. The third kappa shape index (κ3) is 4.79. The van der Waals surface area contributed by atoms with Crippen LogP contribution in [-0.4, -0.2) is 38.0 Å². The summed E-state index contributed by atoms with van der Waals surface area (Å²) in [6, 6.07) is 13.5. The summed E-state index contributed by atoms with van der Waals surface area (Å²) in [7, 11) is 0. The molecule has 0 saturated carbocycles. The van der Waals surface area contributed by atoms with Crippen molar-refractivity contribution in [1.82, 2.24) is 20.2 Å². The lowest BCUT2D eigenvalue weighted by molar-refractivity contribution is -0.113. The Labute approximate surface area is 169 Å². The van der Waals surface area contributed by atoms with E-state index in [9.17, 15) is 9.18 Å². The molecular formula is C19H16FN7OS. The molecule has 0 bridgehead atoms. The molecule has 29 heavy (non-hydrogen) atoms. The number of amides is 1. The summed E-state index contributed by atoms with van der Waals surface area (Å²) >= 11 is 1.17. The van der Waals surface area contributed by atoms with E-state index in [1.165, 1.54) is 36.0 Å². The second-order valence-electron chi connectivity index (χ2n) is 5.97. The van der Waals surface area contributed by atoms with Crippen LogP contribution in [0.1, 0.15) is 5.56 Å². The number of hydrogen-bond acceptors (Lipinski definition) is 6. The number of rotatable bonds is 7. The number of hydrogen-bond donors (Lipinski definition) is 4. The standard InChI is InChI=1S/C19H16FN7OS/c20-13-5-7-14(8-6-13)23-17(28)11-29-19-24-18(26-27-19)25-22-10-12-9-21-16-4-2-1-3-15(12)16/h1-10,21H,11H2,(H,23,28)(H2,24,25,26,27)/b22-10+. The van der Waals surface area contributed by atoms with Gasteiger partial charge in [0.25, 0.3) is 0 Å². The van der Waals surface area contributed by atoms with Gasteiger partial charge in [-0.05, 0) is 30.3 Å². The predicted octanol–water partition coefficient (Wildman–Crippen LogP) is 3.60. The van der Waals surface area contributed by atoms with Crippen molar-refractivity contribution in [2.24, 2.45) is 5.10 Å². The highest BCUT2D eigenvalue weighted by Crippen LogP contribution is 2.17. The summed E-state index contributed by atoms with van der Waals surface area (Å²) in [6.45, 7) is 0. The molecule has 4 N–H and O–H groups in total. The fourth-order valence-corrected chi connectivity index (χ4v) is 3.18. The molecule has 10 heteroatoms. The molecule has 0 atom stereocenters. The summed E-state index contributed by atoms with van der Waals surface area (Å²) in [5, 5.41) is 15.1. The number of H-pyrrole nitrogens is 2. The van der Waals surface area contributed by atoms with Crippen molar-refractivity contribution in [2.45, 2.75) is 5.16 Å². The summed E-state index contributed by atoms with van der Waals surface area (Å²) < 4.78 is 12.9. The van der Waals surface area contributed by atoms with Gasteiger partial charge in [-0.25, -0.2) is 14.9 Å². The van der Waals surface area contributed by atoms with E-state index in [1.54, 1.807) is 6.21 Å². The SMILES string of the molecule is O=C(CSc1n[nH]c(N/N=C/c2c[nH]c3ccccc23)n1)Nc1ccc(F)cc1. The number of aromatic nitrogens is 4. The maximum atomic E-state index is 12.9. The van der Waals surface area contributed by atoms with Crippen molar-refractivity contribution in [3.05, 3.63) is 66.1 Å². The van der Waals surface area contributed by atoms with E-state index in [1.807, 2.05) is 30.5 Å². The van der Waals surface area contributed by atoms with Crippen molar-refractivity contribution in [3.63, 3.8) is 0 Å². The van der Waals surface area contributed by atoms with Crippen LogP contribution in [0.25, 0.3) is 10.9 Å². The van der Waals surface area contributed by atoms with E-state index in [0.29, 0.717) is 16.8 Å². The van der Waals surface area contributed by atoms with Gasteiger partial charge in [0.15, 0.2) is 0 Å². The molecule has 0 aliphatic rings. The van der Waals surface area contributed by atoms with Crippen LogP contribution in [0.3, 0.4) is 0 Å². The zero-order valence-electron chi connectivity index (χ0n) is 15.0. The minimum Gasteiger partial charge on any atom is -0.361 e. The van der Waals surface area contributed by atoms with E-state index in [-0.39, 0.29) is 17.5 Å². The van der Waals surface area contributed by atoms with Crippen molar-refractivity contribution in [2.75, 3.05) is 16.5 Å². The molecular weight excluding hydrogens is 393 g/mol. The molecule has 0 aliphatic carbocycles. The lowest BCUT2D eigenvalue weighted by atomic mass is 10.2. The van der Waals surface area contributed by atoms with Crippen molar-refractivity contribution < 1.29 is 9.18 Å². The van der Waals surface area contributed by atoms with Crippen LogP contribution in [0.5, 0.6) is 0 Å². The second-order valence-corrected chi connectivity index (χ2v) is 6.91. The fourth-order valence-electron chi connectivity index (χ4n) is 2.59. The van der Waals surface area contributed by atoms with E-state index < -0.39 is 0 Å². The van der Waals surface area contributed by atoms with Crippen LogP contribution in [-0.2, 0) is 4.79 Å². The molecule has 1 amide bonds. The van der Waals surface area contributed by atoms with Crippen molar-refractivity contribution in [3.8, 4) is 0 Å². The van der Waals surface area contributed by atoms with E-state index in [0.717, 1.165) is 16.5 Å². The normalized spacial score (nSPS) is 11.2. The largest absolute Gasteiger partial charge is 0.361 e. The highest BCUT2D eigenvalue weighted by Gasteiger charge is 2.08. The Kier molecular flexibility index (Phi) is 5.52. The first kappa shape index (κ1) is 18.7. The number of aromatic amines is 2. The molecule has 0 unspecified atom stereocenters. The molecule has 0 spiro atoms. The maximum Gasteiger partial charge on any atom is 0.240 e.